The smallest absolute Gasteiger partial charge is 0.406 e. The van der Waals surface area contributed by atoms with E-state index in [-0.39, 0.29) is 11.7 Å². The minimum atomic E-state index is -4.74. The number of hydrogen-bond acceptors (Lipinski definition) is 6. The molecular formula is C23H21F3N4O3. The van der Waals surface area contributed by atoms with Crippen molar-refractivity contribution in [1.29, 1.82) is 0 Å². The molecule has 0 aliphatic carbocycles. The first kappa shape index (κ1) is 22.5. The molecule has 0 radical (unpaired) electrons. The summed E-state index contributed by atoms with van der Waals surface area (Å²) in [5, 5.41) is 3.04. The lowest BCUT2D eigenvalue weighted by Gasteiger charge is -2.27. The molecule has 1 saturated heterocycles. The van der Waals surface area contributed by atoms with E-state index >= 15 is 0 Å². The molecular weight excluding hydrogens is 437 g/mol. The van der Waals surface area contributed by atoms with E-state index in [0.29, 0.717) is 49.1 Å². The number of rotatable bonds is 5. The van der Waals surface area contributed by atoms with Crippen LogP contribution in [0, 0.1) is 6.92 Å². The molecule has 0 bridgehead atoms. The molecule has 172 valence electrons. The second-order valence-electron chi connectivity index (χ2n) is 7.42. The number of nitrogens with zero attached hydrogens (tertiary/aromatic N) is 3. The average molecular weight is 458 g/mol. The molecule has 0 unspecified atom stereocenters. The van der Waals surface area contributed by atoms with Gasteiger partial charge in [0.15, 0.2) is 0 Å². The van der Waals surface area contributed by atoms with Crippen LogP contribution >= 0.6 is 0 Å². The van der Waals surface area contributed by atoms with Crippen molar-refractivity contribution in [2.24, 2.45) is 0 Å². The number of halogens is 3. The summed E-state index contributed by atoms with van der Waals surface area (Å²) >= 11 is 0. The topological polar surface area (TPSA) is 76.6 Å². The van der Waals surface area contributed by atoms with E-state index in [4.69, 9.17) is 4.74 Å². The van der Waals surface area contributed by atoms with Crippen LogP contribution in [0.25, 0.3) is 11.3 Å². The first-order valence-corrected chi connectivity index (χ1v) is 10.2. The standard InChI is InChI=1S/C23H21F3N4O3/c1-15-2-3-16(22(31)30-8-10-32-11-9-30)12-19(15)20-13-21(28-14-27-20)29-17-4-6-18(7-5-17)33-23(24,25)26/h2-7,12-14H,8-11H2,1H3,(H,27,28,29). The minimum absolute atomic E-state index is 0.0619. The highest BCUT2D eigenvalue weighted by Crippen LogP contribution is 2.28. The van der Waals surface area contributed by atoms with Crippen molar-refractivity contribution < 1.29 is 27.4 Å². The third-order valence-electron chi connectivity index (χ3n) is 5.09. The van der Waals surface area contributed by atoms with Crippen LogP contribution in [-0.2, 0) is 4.74 Å². The van der Waals surface area contributed by atoms with Gasteiger partial charge in [0.1, 0.15) is 17.9 Å². The van der Waals surface area contributed by atoms with E-state index < -0.39 is 6.36 Å². The lowest BCUT2D eigenvalue weighted by molar-refractivity contribution is -0.274. The lowest BCUT2D eigenvalue weighted by Crippen LogP contribution is -2.40. The highest BCUT2D eigenvalue weighted by Gasteiger charge is 2.31. The first-order valence-electron chi connectivity index (χ1n) is 10.2. The van der Waals surface area contributed by atoms with Gasteiger partial charge in [-0.15, -0.1) is 13.2 Å². The highest BCUT2D eigenvalue weighted by atomic mass is 19.4. The molecule has 0 saturated carbocycles. The summed E-state index contributed by atoms with van der Waals surface area (Å²) in [7, 11) is 0. The number of alkyl halides is 3. The van der Waals surface area contributed by atoms with Crippen molar-refractivity contribution in [3.8, 4) is 17.0 Å². The third kappa shape index (κ3) is 5.78. The van der Waals surface area contributed by atoms with Crippen LogP contribution in [-0.4, -0.2) is 53.4 Å². The van der Waals surface area contributed by atoms with Crippen molar-refractivity contribution in [3.05, 3.63) is 66.0 Å². The number of aryl methyl sites for hydroxylation is 1. The van der Waals surface area contributed by atoms with Crippen LogP contribution < -0.4 is 10.1 Å². The Hall–Kier alpha value is -3.66. The summed E-state index contributed by atoms with van der Waals surface area (Å²) in [4.78, 5) is 23.1. The quantitative estimate of drug-likeness (QED) is 0.604. The summed E-state index contributed by atoms with van der Waals surface area (Å²) in [5.74, 6) is 0.0794. The van der Waals surface area contributed by atoms with Gasteiger partial charge >= 0.3 is 6.36 Å². The Kier molecular flexibility index (Phi) is 6.45. The van der Waals surface area contributed by atoms with Gasteiger partial charge in [-0.25, -0.2) is 9.97 Å². The van der Waals surface area contributed by atoms with Gasteiger partial charge < -0.3 is 19.7 Å². The Morgan fingerprint density at radius 3 is 2.48 bits per heavy atom. The van der Waals surface area contributed by atoms with E-state index in [1.165, 1.54) is 30.6 Å². The van der Waals surface area contributed by atoms with Gasteiger partial charge in [-0.2, -0.15) is 0 Å². The molecule has 0 spiro atoms. The number of anilines is 2. The van der Waals surface area contributed by atoms with E-state index in [9.17, 15) is 18.0 Å². The zero-order chi connectivity index (χ0) is 23.4. The number of benzene rings is 2. The molecule has 1 N–H and O–H groups in total. The van der Waals surface area contributed by atoms with Crippen molar-refractivity contribution >= 4 is 17.4 Å². The van der Waals surface area contributed by atoms with Crippen molar-refractivity contribution in [3.63, 3.8) is 0 Å². The molecule has 1 aliphatic heterocycles. The zero-order valence-corrected chi connectivity index (χ0v) is 17.7. The summed E-state index contributed by atoms with van der Waals surface area (Å²) < 4.78 is 46.2. The van der Waals surface area contributed by atoms with Gasteiger partial charge in [0.25, 0.3) is 5.91 Å². The molecule has 2 aromatic carbocycles. The number of ether oxygens (including phenoxy) is 2. The highest BCUT2D eigenvalue weighted by molar-refractivity contribution is 5.95. The number of amides is 1. The van der Waals surface area contributed by atoms with E-state index in [1.807, 2.05) is 19.1 Å². The molecule has 7 nitrogen and oxygen atoms in total. The Morgan fingerprint density at radius 1 is 1.06 bits per heavy atom. The summed E-state index contributed by atoms with van der Waals surface area (Å²) in [6, 6.07) is 12.5. The van der Waals surface area contributed by atoms with Gasteiger partial charge in [0, 0.05) is 36.0 Å². The van der Waals surface area contributed by atoms with Gasteiger partial charge in [0.05, 0.1) is 18.9 Å². The molecule has 0 atom stereocenters. The number of hydrogen-bond donors (Lipinski definition) is 1. The third-order valence-corrected chi connectivity index (χ3v) is 5.09. The molecule has 2 heterocycles. The molecule has 4 rings (SSSR count). The second kappa shape index (κ2) is 9.45. The fourth-order valence-corrected chi connectivity index (χ4v) is 3.44. The summed E-state index contributed by atoms with van der Waals surface area (Å²) in [5.41, 5.74) is 3.42. The molecule has 3 aromatic rings. The van der Waals surface area contributed by atoms with Crippen molar-refractivity contribution in [2.75, 3.05) is 31.6 Å². The zero-order valence-electron chi connectivity index (χ0n) is 17.7. The number of aromatic nitrogens is 2. The summed E-state index contributed by atoms with van der Waals surface area (Å²) in [6.07, 6.45) is -3.36. The molecule has 1 amide bonds. The fourth-order valence-electron chi connectivity index (χ4n) is 3.44. The monoisotopic (exact) mass is 458 g/mol. The predicted molar refractivity (Wildman–Crippen MR) is 115 cm³/mol. The Morgan fingerprint density at radius 2 is 1.79 bits per heavy atom. The minimum Gasteiger partial charge on any atom is -0.406 e. The average Bonchev–Trinajstić information content (AvgIpc) is 2.80. The largest absolute Gasteiger partial charge is 0.573 e. The number of carbonyl (C=O) groups excluding carboxylic acids is 1. The molecule has 1 aliphatic rings. The first-order chi connectivity index (χ1) is 15.8. The summed E-state index contributed by atoms with van der Waals surface area (Å²) in [6.45, 7) is 4.07. The van der Waals surface area contributed by atoms with Gasteiger partial charge in [-0.05, 0) is 48.9 Å². The van der Waals surface area contributed by atoms with Gasteiger partial charge in [0.2, 0.25) is 0 Å². The second-order valence-corrected chi connectivity index (χ2v) is 7.42. The van der Waals surface area contributed by atoms with E-state index in [0.717, 1.165) is 11.1 Å². The van der Waals surface area contributed by atoms with Gasteiger partial charge in [-0.3, -0.25) is 4.79 Å². The van der Waals surface area contributed by atoms with E-state index in [2.05, 4.69) is 20.0 Å². The fraction of sp³-hybridized carbons (Fsp3) is 0.261. The van der Waals surface area contributed by atoms with Gasteiger partial charge in [-0.1, -0.05) is 6.07 Å². The molecule has 33 heavy (non-hydrogen) atoms. The maximum atomic E-state index is 12.9. The number of nitrogens with one attached hydrogen (secondary N) is 1. The maximum Gasteiger partial charge on any atom is 0.573 e. The number of morpholine rings is 1. The lowest BCUT2D eigenvalue weighted by atomic mass is 10.0. The predicted octanol–water partition coefficient (Wildman–Crippen LogP) is 4.57. The van der Waals surface area contributed by atoms with Crippen LogP contribution in [0.1, 0.15) is 15.9 Å². The van der Waals surface area contributed by atoms with Crippen LogP contribution in [0.5, 0.6) is 5.75 Å². The Bertz CT molecular complexity index is 1130. The Balaban J connectivity index is 1.53. The molecule has 10 heteroatoms. The number of carbonyl (C=O) groups is 1. The molecule has 1 aromatic heterocycles. The van der Waals surface area contributed by atoms with Crippen LogP contribution in [0.4, 0.5) is 24.7 Å². The SMILES string of the molecule is Cc1ccc(C(=O)N2CCOCC2)cc1-c1cc(Nc2ccc(OC(F)(F)F)cc2)ncn1. The van der Waals surface area contributed by atoms with Crippen LogP contribution in [0.3, 0.4) is 0 Å². The van der Waals surface area contributed by atoms with E-state index in [1.54, 1.807) is 17.0 Å². The maximum absolute atomic E-state index is 12.9. The van der Waals surface area contributed by atoms with Crippen molar-refractivity contribution in [1.82, 2.24) is 14.9 Å². The van der Waals surface area contributed by atoms with Crippen LogP contribution in [0.2, 0.25) is 0 Å². The van der Waals surface area contributed by atoms with Crippen LogP contribution in [0.15, 0.2) is 54.9 Å². The Labute approximate surface area is 188 Å². The van der Waals surface area contributed by atoms with Crippen molar-refractivity contribution in [2.45, 2.75) is 13.3 Å². The normalized spacial score (nSPS) is 14.1. The molecule has 1 fully saturated rings.